The third kappa shape index (κ3) is 8.62. The summed E-state index contributed by atoms with van der Waals surface area (Å²) in [5, 5.41) is 1.54. The van der Waals surface area contributed by atoms with Crippen LogP contribution in [0.5, 0.6) is 0 Å². The van der Waals surface area contributed by atoms with Gasteiger partial charge in [0.05, 0.1) is 11.2 Å². The van der Waals surface area contributed by atoms with Crippen molar-refractivity contribution in [2.75, 3.05) is 10.7 Å². The molecule has 0 fully saturated rings. The molecule has 0 aliphatic carbocycles. The first kappa shape index (κ1) is 23.0. The minimum atomic E-state index is -4.18. The zero-order chi connectivity index (χ0) is 16.9. The third-order valence-corrected chi connectivity index (χ3v) is 8.37. The second-order valence-electron chi connectivity index (χ2n) is 5.75. The maximum absolute atomic E-state index is 12.3. The SMILES string of the molecule is CC(C)(OP(=O)(O)OC(C)(C)C(Br)CCBr)C(Br)CCBr. The summed E-state index contributed by atoms with van der Waals surface area (Å²) in [7, 11) is -4.18. The molecule has 0 aliphatic heterocycles. The molecule has 128 valence electrons. The van der Waals surface area contributed by atoms with E-state index in [1.165, 1.54) is 0 Å². The molecular formula is C12H23Br4O4P. The third-order valence-electron chi connectivity index (χ3n) is 2.94. The van der Waals surface area contributed by atoms with Gasteiger partial charge in [-0.25, -0.2) is 4.57 Å². The predicted molar refractivity (Wildman–Crippen MR) is 102 cm³/mol. The van der Waals surface area contributed by atoms with Crippen LogP contribution in [0.4, 0.5) is 0 Å². The van der Waals surface area contributed by atoms with E-state index in [0.29, 0.717) is 0 Å². The van der Waals surface area contributed by atoms with Crippen LogP contribution in [-0.4, -0.2) is 36.4 Å². The molecule has 0 aliphatic rings. The fourth-order valence-electron chi connectivity index (χ4n) is 1.61. The minimum Gasteiger partial charge on any atom is -0.302 e. The van der Waals surface area contributed by atoms with Crippen molar-refractivity contribution in [1.29, 1.82) is 0 Å². The highest BCUT2D eigenvalue weighted by atomic mass is 79.9. The summed E-state index contributed by atoms with van der Waals surface area (Å²) in [6.07, 6.45) is 1.53. The van der Waals surface area contributed by atoms with E-state index in [0.717, 1.165) is 23.5 Å². The quantitative estimate of drug-likeness (QED) is 0.263. The van der Waals surface area contributed by atoms with Crippen LogP contribution in [0.3, 0.4) is 0 Å². The molecule has 1 N–H and O–H groups in total. The molecule has 0 aromatic heterocycles. The highest BCUT2D eigenvalue weighted by Crippen LogP contribution is 2.53. The summed E-state index contributed by atoms with van der Waals surface area (Å²) in [5.74, 6) is 0. The zero-order valence-corrected chi connectivity index (χ0v) is 19.9. The number of hydrogen-bond acceptors (Lipinski definition) is 3. The Morgan fingerprint density at radius 3 is 1.48 bits per heavy atom. The number of hydrogen-bond donors (Lipinski definition) is 1. The molecule has 0 saturated heterocycles. The first-order valence-electron chi connectivity index (χ1n) is 6.52. The topological polar surface area (TPSA) is 55.8 Å². The van der Waals surface area contributed by atoms with Crippen molar-refractivity contribution >= 4 is 71.5 Å². The molecule has 0 saturated carbocycles. The molecule has 0 rings (SSSR count). The molecule has 2 unspecified atom stereocenters. The maximum Gasteiger partial charge on any atom is 0.473 e. The molecule has 9 heteroatoms. The van der Waals surface area contributed by atoms with Crippen LogP contribution < -0.4 is 0 Å². The van der Waals surface area contributed by atoms with E-state index in [-0.39, 0.29) is 9.65 Å². The predicted octanol–water partition coefficient (Wildman–Crippen LogP) is 5.77. The summed E-state index contributed by atoms with van der Waals surface area (Å²) in [6, 6.07) is 0. The Hall–Kier alpha value is 2.03. The van der Waals surface area contributed by atoms with Gasteiger partial charge in [0, 0.05) is 20.3 Å². The van der Waals surface area contributed by atoms with Gasteiger partial charge >= 0.3 is 7.82 Å². The number of halogens is 4. The lowest BCUT2D eigenvalue weighted by molar-refractivity contribution is 0.00319. The van der Waals surface area contributed by atoms with Gasteiger partial charge in [0.15, 0.2) is 0 Å². The zero-order valence-electron chi connectivity index (χ0n) is 12.6. The van der Waals surface area contributed by atoms with E-state index in [9.17, 15) is 9.46 Å². The number of phosphoric ester groups is 1. The van der Waals surface area contributed by atoms with Gasteiger partial charge < -0.3 is 4.89 Å². The van der Waals surface area contributed by atoms with E-state index in [1.807, 2.05) is 0 Å². The first-order chi connectivity index (χ1) is 9.38. The molecule has 0 bridgehead atoms. The Labute approximate surface area is 161 Å². The molecular weight excluding hydrogens is 559 g/mol. The van der Waals surface area contributed by atoms with Crippen LogP contribution in [0.15, 0.2) is 0 Å². The van der Waals surface area contributed by atoms with Crippen molar-refractivity contribution in [1.82, 2.24) is 0 Å². The summed E-state index contributed by atoms with van der Waals surface area (Å²) in [6.45, 7) is 7.05. The second-order valence-corrected chi connectivity index (χ2v) is 10.8. The molecule has 0 amide bonds. The summed E-state index contributed by atoms with van der Waals surface area (Å²) in [5.41, 5.74) is -1.66. The molecule has 0 spiro atoms. The smallest absolute Gasteiger partial charge is 0.302 e. The van der Waals surface area contributed by atoms with Gasteiger partial charge in [-0.05, 0) is 40.5 Å². The lowest BCUT2D eigenvalue weighted by Crippen LogP contribution is -2.38. The fourth-order valence-corrected chi connectivity index (χ4v) is 6.17. The van der Waals surface area contributed by atoms with Crippen LogP contribution in [0.2, 0.25) is 0 Å². The van der Waals surface area contributed by atoms with Gasteiger partial charge in [0.1, 0.15) is 0 Å². The average molecular weight is 582 g/mol. The average Bonchev–Trinajstić information content (AvgIpc) is 2.26. The Kier molecular flexibility index (Phi) is 10.4. The van der Waals surface area contributed by atoms with E-state index < -0.39 is 19.0 Å². The van der Waals surface area contributed by atoms with Crippen LogP contribution >= 0.6 is 71.5 Å². The van der Waals surface area contributed by atoms with E-state index >= 15 is 0 Å². The Morgan fingerprint density at radius 1 is 0.952 bits per heavy atom. The number of alkyl halides is 4. The molecule has 4 nitrogen and oxygen atoms in total. The van der Waals surface area contributed by atoms with Gasteiger partial charge in [0.2, 0.25) is 0 Å². The highest BCUT2D eigenvalue weighted by Gasteiger charge is 2.42. The molecule has 21 heavy (non-hydrogen) atoms. The number of phosphoric acid groups is 1. The summed E-state index contributed by atoms with van der Waals surface area (Å²) >= 11 is 13.7. The summed E-state index contributed by atoms with van der Waals surface area (Å²) < 4.78 is 23.1. The Morgan fingerprint density at radius 2 is 1.24 bits per heavy atom. The molecule has 2 atom stereocenters. The lowest BCUT2D eigenvalue weighted by Gasteiger charge is -2.36. The van der Waals surface area contributed by atoms with E-state index in [1.54, 1.807) is 27.7 Å². The van der Waals surface area contributed by atoms with Gasteiger partial charge in [0.25, 0.3) is 0 Å². The van der Waals surface area contributed by atoms with Crippen molar-refractivity contribution in [2.24, 2.45) is 0 Å². The molecule has 0 aromatic carbocycles. The Bertz CT molecular complexity index is 335. The van der Waals surface area contributed by atoms with Crippen molar-refractivity contribution in [2.45, 2.75) is 61.4 Å². The van der Waals surface area contributed by atoms with Gasteiger partial charge in [-0.3, -0.25) is 9.05 Å². The second kappa shape index (κ2) is 9.50. The molecule has 0 heterocycles. The van der Waals surface area contributed by atoms with Crippen molar-refractivity contribution in [3.63, 3.8) is 0 Å². The van der Waals surface area contributed by atoms with Crippen molar-refractivity contribution in [3.05, 3.63) is 0 Å². The largest absolute Gasteiger partial charge is 0.473 e. The maximum atomic E-state index is 12.3. The van der Waals surface area contributed by atoms with Gasteiger partial charge in [-0.2, -0.15) is 0 Å². The van der Waals surface area contributed by atoms with Crippen LogP contribution in [0.25, 0.3) is 0 Å². The normalized spacial score (nSPS) is 19.1. The van der Waals surface area contributed by atoms with E-state index in [2.05, 4.69) is 63.7 Å². The van der Waals surface area contributed by atoms with Gasteiger partial charge in [-0.1, -0.05) is 63.7 Å². The van der Waals surface area contributed by atoms with Crippen LogP contribution in [-0.2, 0) is 13.6 Å². The summed E-state index contributed by atoms with van der Waals surface area (Å²) in [4.78, 5) is 9.92. The fraction of sp³-hybridized carbons (Fsp3) is 1.00. The monoisotopic (exact) mass is 578 g/mol. The standard InChI is InChI=1S/C12H23Br4O4P/c1-11(2,9(15)5-7-13)19-21(17,18)20-12(3,4)10(16)6-8-14/h9-10H,5-8H2,1-4H3,(H,17,18). The highest BCUT2D eigenvalue weighted by molar-refractivity contribution is 9.10. The molecule has 0 radical (unpaired) electrons. The Balaban J connectivity index is 4.87. The molecule has 0 aromatic rings. The minimum absolute atomic E-state index is 0.0705. The van der Waals surface area contributed by atoms with Crippen molar-refractivity contribution in [3.8, 4) is 0 Å². The van der Waals surface area contributed by atoms with Gasteiger partial charge in [-0.15, -0.1) is 0 Å². The van der Waals surface area contributed by atoms with E-state index in [4.69, 9.17) is 9.05 Å². The van der Waals surface area contributed by atoms with Crippen LogP contribution in [0.1, 0.15) is 40.5 Å². The van der Waals surface area contributed by atoms with Crippen molar-refractivity contribution < 1.29 is 18.5 Å². The number of rotatable bonds is 10. The first-order valence-corrected chi connectivity index (χ1v) is 12.1. The van der Waals surface area contributed by atoms with Crippen LogP contribution in [0, 0.1) is 0 Å². The lowest BCUT2D eigenvalue weighted by atomic mass is 10.0.